The number of benzene rings is 1. The molecule has 1 aliphatic heterocycles. The van der Waals surface area contributed by atoms with E-state index in [1.165, 1.54) is 12.2 Å². The summed E-state index contributed by atoms with van der Waals surface area (Å²) in [6, 6.07) is 4.94. The third-order valence-electron chi connectivity index (χ3n) is 2.70. The third-order valence-corrected chi connectivity index (χ3v) is 5.01. The van der Waals surface area contributed by atoms with E-state index < -0.39 is 15.7 Å². The molecule has 1 saturated heterocycles. The van der Waals surface area contributed by atoms with Crippen LogP contribution < -0.4 is 5.32 Å². The molecule has 1 aromatic carbocycles. The van der Waals surface area contributed by atoms with Crippen LogP contribution in [0.15, 0.2) is 35.3 Å². The lowest BCUT2D eigenvalue weighted by atomic mass is 10.2. The Morgan fingerprint density at radius 1 is 1.25 bits per heavy atom. The summed E-state index contributed by atoms with van der Waals surface area (Å²) in [5.41, 5.74) is 0.643. The predicted molar refractivity (Wildman–Crippen MR) is 80.4 cm³/mol. The fourth-order valence-corrected chi connectivity index (χ4v) is 3.29. The zero-order valence-corrected chi connectivity index (χ0v) is 12.6. The van der Waals surface area contributed by atoms with Gasteiger partial charge in [0.15, 0.2) is 9.84 Å². The van der Waals surface area contributed by atoms with Gasteiger partial charge in [0.2, 0.25) is 0 Å². The number of hydrogen-bond acceptors (Lipinski definition) is 3. The molecule has 0 unspecified atom stereocenters. The predicted octanol–water partition coefficient (Wildman–Crippen LogP) is 2.44. The van der Waals surface area contributed by atoms with Crippen LogP contribution in [0, 0.1) is 0 Å². The lowest BCUT2D eigenvalue weighted by molar-refractivity contribution is -0.116. The average Bonchev–Trinajstić information content (AvgIpc) is 2.36. The smallest absolute Gasteiger partial charge is 0.262 e. The maximum absolute atomic E-state index is 11.7. The van der Waals surface area contributed by atoms with Gasteiger partial charge in [-0.3, -0.25) is 4.79 Å². The molecule has 1 amide bonds. The Morgan fingerprint density at radius 2 is 2.00 bits per heavy atom. The Labute approximate surface area is 127 Å². The number of nitrogens with one attached hydrogen (secondary N) is 1. The molecule has 0 atom stereocenters. The maximum Gasteiger partial charge on any atom is 0.262 e. The Hall–Kier alpha value is -1.30. The maximum atomic E-state index is 11.7. The minimum absolute atomic E-state index is 0.0870. The molecule has 20 heavy (non-hydrogen) atoms. The second-order valence-electron chi connectivity index (χ2n) is 4.13. The normalized spacial score (nSPS) is 20.3. The number of carbonyl (C=O) groups is 1. The van der Waals surface area contributed by atoms with E-state index in [4.69, 9.17) is 23.2 Å². The van der Waals surface area contributed by atoms with E-state index in [0.29, 0.717) is 15.6 Å². The fraction of sp³-hybridized carbons (Fsp3) is 0.154. The Morgan fingerprint density at radius 3 is 2.70 bits per heavy atom. The number of hydrogen-bond donors (Lipinski definition) is 1. The van der Waals surface area contributed by atoms with E-state index in [2.05, 4.69) is 5.32 Å². The van der Waals surface area contributed by atoms with Crippen LogP contribution in [0.3, 0.4) is 0 Å². The zero-order valence-electron chi connectivity index (χ0n) is 10.3. The average molecular weight is 332 g/mol. The summed E-state index contributed by atoms with van der Waals surface area (Å²) in [4.78, 5) is 11.3. The highest BCUT2D eigenvalue weighted by Gasteiger charge is 2.28. The van der Waals surface area contributed by atoms with Crippen LogP contribution >= 0.6 is 23.2 Å². The standard InChI is InChI=1S/C13H11Cl2NO3S/c14-10-4-5-11(15)9(8-10)2-1-3-12-13(17)16-6-7-20(12,18)19/h1-5,8H,6-7H2,(H,16,17)/b2-1+,12-3+. The number of allylic oxidation sites excluding steroid dienone is 2. The van der Waals surface area contributed by atoms with Gasteiger partial charge in [-0.2, -0.15) is 0 Å². The first-order valence-corrected chi connectivity index (χ1v) is 8.15. The first-order valence-electron chi connectivity index (χ1n) is 5.74. The summed E-state index contributed by atoms with van der Waals surface area (Å²) < 4.78 is 23.5. The molecular weight excluding hydrogens is 321 g/mol. The Balaban J connectivity index is 2.29. The molecule has 0 aromatic heterocycles. The molecule has 1 heterocycles. The van der Waals surface area contributed by atoms with Crippen LogP contribution in [0.4, 0.5) is 0 Å². The van der Waals surface area contributed by atoms with Crippen LogP contribution in [-0.4, -0.2) is 26.6 Å². The minimum Gasteiger partial charge on any atom is -0.350 e. The highest BCUT2D eigenvalue weighted by molar-refractivity contribution is 7.96. The summed E-state index contributed by atoms with van der Waals surface area (Å²) in [6.07, 6.45) is 4.33. The molecule has 0 radical (unpaired) electrons. The van der Waals surface area contributed by atoms with Gasteiger partial charge in [0.1, 0.15) is 4.91 Å². The van der Waals surface area contributed by atoms with Crippen molar-refractivity contribution in [2.24, 2.45) is 0 Å². The van der Waals surface area contributed by atoms with Crippen LogP contribution in [0.1, 0.15) is 5.56 Å². The number of rotatable bonds is 2. The van der Waals surface area contributed by atoms with Crippen LogP contribution in [-0.2, 0) is 14.6 Å². The lowest BCUT2D eigenvalue weighted by Gasteiger charge is -2.14. The van der Waals surface area contributed by atoms with Gasteiger partial charge in [-0.05, 0) is 29.8 Å². The largest absolute Gasteiger partial charge is 0.350 e. The molecule has 0 aliphatic carbocycles. The van der Waals surface area contributed by atoms with Crippen molar-refractivity contribution in [3.05, 3.63) is 50.9 Å². The summed E-state index contributed by atoms with van der Waals surface area (Å²) >= 11 is 11.8. The molecule has 1 aliphatic rings. The van der Waals surface area contributed by atoms with Crippen molar-refractivity contribution in [2.45, 2.75) is 0 Å². The van der Waals surface area contributed by atoms with Crippen LogP contribution in [0.2, 0.25) is 10.0 Å². The van der Waals surface area contributed by atoms with Crippen molar-refractivity contribution in [1.82, 2.24) is 5.32 Å². The van der Waals surface area contributed by atoms with Crippen molar-refractivity contribution in [2.75, 3.05) is 12.3 Å². The van der Waals surface area contributed by atoms with Gasteiger partial charge < -0.3 is 5.32 Å². The van der Waals surface area contributed by atoms with Crippen molar-refractivity contribution in [3.8, 4) is 0 Å². The van der Waals surface area contributed by atoms with Gasteiger partial charge in [0, 0.05) is 16.6 Å². The Bertz CT molecular complexity index is 708. The Kier molecular flexibility index (Phi) is 4.52. The summed E-state index contributed by atoms with van der Waals surface area (Å²) in [5, 5.41) is 3.49. The quantitative estimate of drug-likeness (QED) is 0.846. The van der Waals surface area contributed by atoms with E-state index in [-0.39, 0.29) is 17.2 Å². The van der Waals surface area contributed by atoms with E-state index in [1.54, 1.807) is 24.3 Å². The topological polar surface area (TPSA) is 63.2 Å². The molecule has 4 nitrogen and oxygen atoms in total. The third kappa shape index (κ3) is 3.42. The van der Waals surface area contributed by atoms with Gasteiger partial charge in [-0.25, -0.2) is 8.42 Å². The summed E-state index contributed by atoms with van der Waals surface area (Å²) in [5.74, 6) is -0.672. The molecule has 0 bridgehead atoms. The second kappa shape index (κ2) is 5.99. The number of sulfone groups is 1. The number of halogens is 2. The van der Waals surface area contributed by atoms with Crippen LogP contribution in [0.25, 0.3) is 6.08 Å². The van der Waals surface area contributed by atoms with Gasteiger partial charge in [-0.15, -0.1) is 0 Å². The molecule has 0 spiro atoms. The zero-order chi connectivity index (χ0) is 14.8. The summed E-state index contributed by atoms with van der Waals surface area (Å²) in [7, 11) is -3.51. The lowest BCUT2D eigenvalue weighted by Crippen LogP contribution is -2.39. The molecule has 7 heteroatoms. The van der Waals surface area contributed by atoms with E-state index in [1.807, 2.05) is 0 Å². The van der Waals surface area contributed by atoms with Gasteiger partial charge in [0.25, 0.3) is 5.91 Å². The van der Waals surface area contributed by atoms with Crippen molar-refractivity contribution in [1.29, 1.82) is 0 Å². The molecule has 106 valence electrons. The monoisotopic (exact) mass is 331 g/mol. The highest BCUT2D eigenvalue weighted by atomic mass is 35.5. The number of carbonyl (C=O) groups excluding carboxylic acids is 1. The minimum atomic E-state index is -3.51. The van der Waals surface area contributed by atoms with E-state index in [9.17, 15) is 13.2 Å². The first-order chi connectivity index (χ1) is 9.40. The SMILES string of the molecule is O=C1NCCS(=O)(=O)/C1=C/C=C/c1cc(Cl)ccc1Cl. The van der Waals surface area contributed by atoms with E-state index in [0.717, 1.165) is 0 Å². The molecule has 0 saturated carbocycles. The highest BCUT2D eigenvalue weighted by Crippen LogP contribution is 2.22. The van der Waals surface area contributed by atoms with Gasteiger partial charge in [-0.1, -0.05) is 35.4 Å². The summed E-state index contributed by atoms with van der Waals surface area (Å²) in [6.45, 7) is 0.141. The molecule has 1 N–H and O–H groups in total. The number of amides is 1. The molecule has 2 rings (SSSR count). The van der Waals surface area contributed by atoms with Crippen molar-refractivity contribution in [3.63, 3.8) is 0 Å². The molecular formula is C13H11Cl2NO3S. The van der Waals surface area contributed by atoms with Gasteiger partial charge >= 0.3 is 0 Å². The second-order valence-corrected chi connectivity index (χ2v) is 7.05. The molecule has 1 aromatic rings. The van der Waals surface area contributed by atoms with E-state index >= 15 is 0 Å². The van der Waals surface area contributed by atoms with Crippen molar-refractivity contribution >= 4 is 45.0 Å². The van der Waals surface area contributed by atoms with Gasteiger partial charge in [0.05, 0.1) is 5.75 Å². The first kappa shape index (κ1) is 15.1. The van der Waals surface area contributed by atoms with Crippen molar-refractivity contribution < 1.29 is 13.2 Å². The van der Waals surface area contributed by atoms with Crippen LogP contribution in [0.5, 0.6) is 0 Å². The fourth-order valence-electron chi connectivity index (χ4n) is 1.70. The molecule has 1 fully saturated rings.